The molecule has 0 saturated heterocycles. The molecule has 28 heavy (non-hydrogen) atoms. The Balaban J connectivity index is 1.71. The normalized spacial score (nSPS) is 12.1. The predicted molar refractivity (Wildman–Crippen MR) is 109 cm³/mol. The maximum absolute atomic E-state index is 11.8. The van der Waals surface area contributed by atoms with Crippen LogP contribution in [0.2, 0.25) is 0 Å². The third kappa shape index (κ3) is 4.64. The maximum Gasteiger partial charge on any atom is 0.321 e. The minimum Gasteiger partial charge on any atom is -0.490 e. The number of nitrogens with one attached hydrogen (secondary N) is 2. The first-order valence-corrected chi connectivity index (χ1v) is 9.52. The first-order chi connectivity index (χ1) is 13.6. The Morgan fingerprint density at radius 1 is 1.11 bits per heavy atom. The number of rotatable bonds is 10. The number of carboxylic acid groups (broad SMARTS) is 1. The second-order valence-corrected chi connectivity index (χ2v) is 6.48. The van der Waals surface area contributed by atoms with Crippen LogP contribution in [0.4, 0.5) is 0 Å². The van der Waals surface area contributed by atoms with E-state index in [0.29, 0.717) is 37.7 Å². The molecular formula is C22H26N2O4. The van der Waals surface area contributed by atoms with E-state index < -0.39 is 12.0 Å². The van der Waals surface area contributed by atoms with Crippen molar-refractivity contribution in [3.8, 4) is 11.5 Å². The van der Waals surface area contributed by atoms with Gasteiger partial charge in [0.15, 0.2) is 11.5 Å². The van der Waals surface area contributed by atoms with E-state index in [0.717, 1.165) is 22.0 Å². The number of carbonyl (C=O) groups is 1. The number of aromatic nitrogens is 1. The van der Waals surface area contributed by atoms with Gasteiger partial charge in [0.1, 0.15) is 6.04 Å². The van der Waals surface area contributed by atoms with Gasteiger partial charge in [-0.15, -0.1) is 0 Å². The second-order valence-electron chi connectivity index (χ2n) is 6.48. The van der Waals surface area contributed by atoms with Gasteiger partial charge in [-0.3, -0.25) is 4.79 Å². The van der Waals surface area contributed by atoms with Crippen molar-refractivity contribution in [2.24, 2.45) is 0 Å². The summed E-state index contributed by atoms with van der Waals surface area (Å²) in [6.45, 7) is 5.36. The summed E-state index contributed by atoms with van der Waals surface area (Å²) in [7, 11) is 0. The molecule has 2 aromatic carbocycles. The molecule has 3 N–H and O–H groups in total. The fourth-order valence-corrected chi connectivity index (χ4v) is 3.21. The van der Waals surface area contributed by atoms with Gasteiger partial charge >= 0.3 is 5.97 Å². The number of carboxylic acids is 1. The Morgan fingerprint density at radius 3 is 2.61 bits per heavy atom. The van der Waals surface area contributed by atoms with Gasteiger partial charge in [0.25, 0.3) is 0 Å². The largest absolute Gasteiger partial charge is 0.490 e. The van der Waals surface area contributed by atoms with Gasteiger partial charge in [0, 0.05) is 30.1 Å². The molecule has 1 heterocycles. The van der Waals surface area contributed by atoms with E-state index >= 15 is 0 Å². The first-order valence-electron chi connectivity index (χ1n) is 9.52. The number of H-pyrrole nitrogens is 1. The topological polar surface area (TPSA) is 83.6 Å². The lowest BCUT2D eigenvalue weighted by Gasteiger charge is -2.16. The molecule has 1 unspecified atom stereocenters. The van der Waals surface area contributed by atoms with Crippen molar-refractivity contribution in [1.29, 1.82) is 0 Å². The van der Waals surface area contributed by atoms with Gasteiger partial charge in [-0.1, -0.05) is 24.3 Å². The number of fused-ring (bicyclic) bond motifs is 1. The van der Waals surface area contributed by atoms with Gasteiger partial charge in [-0.05, 0) is 43.2 Å². The molecule has 0 amide bonds. The molecule has 1 atom stereocenters. The Morgan fingerprint density at radius 2 is 1.86 bits per heavy atom. The van der Waals surface area contributed by atoms with Crippen LogP contribution in [0.1, 0.15) is 25.0 Å². The molecule has 3 aromatic rings. The summed E-state index contributed by atoms with van der Waals surface area (Å²) in [6, 6.07) is 12.9. The zero-order chi connectivity index (χ0) is 19.9. The highest BCUT2D eigenvalue weighted by atomic mass is 16.5. The van der Waals surface area contributed by atoms with Gasteiger partial charge in [-0.25, -0.2) is 0 Å². The molecule has 1 aromatic heterocycles. The minimum absolute atomic E-state index is 0.398. The number of para-hydroxylation sites is 1. The molecule has 0 aliphatic carbocycles. The van der Waals surface area contributed by atoms with Gasteiger partial charge < -0.3 is 24.9 Å². The van der Waals surface area contributed by atoms with Crippen LogP contribution in [0.3, 0.4) is 0 Å². The van der Waals surface area contributed by atoms with Crippen molar-refractivity contribution in [3.63, 3.8) is 0 Å². The van der Waals surface area contributed by atoms with E-state index in [1.807, 2.05) is 62.5 Å². The summed E-state index contributed by atoms with van der Waals surface area (Å²) in [5.41, 5.74) is 2.93. The summed E-state index contributed by atoms with van der Waals surface area (Å²) in [5.74, 6) is 0.495. The second kappa shape index (κ2) is 9.28. The van der Waals surface area contributed by atoms with Crippen LogP contribution in [-0.2, 0) is 17.8 Å². The third-order valence-corrected chi connectivity index (χ3v) is 4.56. The highest BCUT2D eigenvalue weighted by Crippen LogP contribution is 2.28. The summed E-state index contributed by atoms with van der Waals surface area (Å²) >= 11 is 0. The fraction of sp³-hybridized carbons (Fsp3) is 0.318. The quantitative estimate of drug-likeness (QED) is 0.497. The zero-order valence-corrected chi connectivity index (χ0v) is 16.2. The minimum atomic E-state index is -0.874. The average molecular weight is 382 g/mol. The van der Waals surface area contributed by atoms with Crippen molar-refractivity contribution < 1.29 is 19.4 Å². The van der Waals surface area contributed by atoms with E-state index in [4.69, 9.17) is 9.47 Å². The lowest BCUT2D eigenvalue weighted by atomic mass is 10.0. The SMILES string of the molecule is CCOc1ccc(CNC(Cc2c[nH]c3ccccc23)C(=O)O)cc1OCC. The van der Waals surface area contributed by atoms with Crippen LogP contribution in [0.25, 0.3) is 10.9 Å². The molecule has 0 fully saturated rings. The van der Waals surface area contributed by atoms with Crippen LogP contribution in [0, 0.1) is 0 Å². The molecule has 3 rings (SSSR count). The van der Waals surface area contributed by atoms with Crippen LogP contribution in [-0.4, -0.2) is 35.3 Å². The van der Waals surface area contributed by atoms with E-state index in [1.165, 1.54) is 0 Å². The van der Waals surface area contributed by atoms with Crippen LogP contribution >= 0.6 is 0 Å². The van der Waals surface area contributed by atoms with E-state index in [-0.39, 0.29) is 0 Å². The lowest BCUT2D eigenvalue weighted by molar-refractivity contribution is -0.139. The molecule has 0 spiro atoms. The molecular weight excluding hydrogens is 356 g/mol. The summed E-state index contributed by atoms with van der Waals surface area (Å²) in [4.78, 5) is 15.0. The smallest absolute Gasteiger partial charge is 0.321 e. The summed E-state index contributed by atoms with van der Waals surface area (Å²) in [6.07, 6.45) is 2.28. The zero-order valence-electron chi connectivity index (χ0n) is 16.2. The molecule has 0 aliphatic heterocycles. The summed E-state index contributed by atoms with van der Waals surface area (Å²) < 4.78 is 11.2. The Hall–Kier alpha value is -2.99. The average Bonchev–Trinajstić information content (AvgIpc) is 3.10. The highest BCUT2D eigenvalue weighted by molar-refractivity contribution is 5.84. The molecule has 0 saturated carbocycles. The van der Waals surface area contributed by atoms with Crippen molar-refractivity contribution in [2.75, 3.05) is 13.2 Å². The predicted octanol–water partition coefficient (Wildman–Crippen LogP) is 3.75. The molecule has 6 nitrogen and oxygen atoms in total. The number of aromatic amines is 1. The van der Waals surface area contributed by atoms with Crippen molar-refractivity contribution in [3.05, 3.63) is 59.8 Å². The number of benzene rings is 2. The number of hydrogen-bond donors (Lipinski definition) is 3. The number of hydrogen-bond acceptors (Lipinski definition) is 4. The third-order valence-electron chi connectivity index (χ3n) is 4.56. The maximum atomic E-state index is 11.8. The van der Waals surface area contributed by atoms with Crippen molar-refractivity contribution >= 4 is 16.9 Å². The number of ether oxygens (including phenoxy) is 2. The van der Waals surface area contributed by atoms with Gasteiger partial charge in [-0.2, -0.15) is 0 Å². The molecule has 0 radical (unpaired) electrons. The number of aliphatic carboxylic acids is 1. The monoisotopic (exact) mass is 382 g/mol. The van der Waals surface area contributed by atoms with Crippen molar-refractivity contribution in [2.45, 2.75) is 32.9 Å². The molecule has 0 bridgehead atoms. The van der Waals surface area contributed by atoms with Crippen LogP contribution in [0.5, 0.6) is 11.5 Å². The highest BCUT2D eigenvalue weighted by Gasteiger charge is 2.19. The van der Waals surface area contributed by atoms with E-state index in [2.05, 4.69) is 10.3 Å². The molecule has 6 heteroatoms. The molecule has 0 aliphatic rings. The molecule has 148 valence electrons. The van der Waals surface area contributed by atoms with Crippen LogP contribution < -0.4 is 14.8 Å². The van der Waals surface area contributed by atoms with E-state index in [1.54, 1.807) is 0 Å². The standard InChI is InChI=1S/C22H26N2O4/c1-3-27-20-10-9-15(11-21(20)28-4-2)13-23-19(22(25)26)12-16-14-24-18-8-6-5-7-17(16)18/h5-11,14,19,23-24H,3-4,12-13H2,1-2H3,(H,25,26). The Bertz CT molecular complexity index is 935. The lowest BCUT2D eigenvalue weighted by Crippen LogP contribution is -2.38. The summed E-state index contributed by atoms with van der Waals surface area (Å²) in [5, 5.41) is 13.9. The fourth-order valence-electron chi connectivity index (χ4n) is 3.21. The Labute approximate surface area is 164 Å². The van der Waals surface area contributed by atoms with Gasteiger partial charge in [0.05, 0.1) is 13.2 Å². The first kappa shape index (κ1) is 19.8. The van der Waals surface area contributed by atoms with E-state index in [9.17, 15) is 9.90 Å². The van der Waals surface area contributed by atoms with Gasteiger partial charge in [0.2, 0.25) is 0 Å². The van der Waals surface area contributed by atoms with Crippen molar-refractivity contribution in [1.82, 2.24) is 10.3 Å². The van der Waals surface area contributed by atoms with Crippen LogP contribution in [0.15, 0.2) is 48.7 Å². The Kier molecular flexibility index (Phi) is 6.55.